The minimum absolute atomic E-state index is 0.167. The van der Waals surface area contributed by atoms with Crippen molar-refractivity contribution in [2.75, 3.05) is 5.32 Å². The summed E-state index contributed by atoms with van der Waals surface area (Å²) in [5.74, 6) is 1.29. The molecule has 136 valence electrons. The lowest BCUT2D eigenvalue weighted by atomic mass is 10.1. The molecule has 0 unspecified atom stereocenters. The fraction of sp³-hybridized carbons (Fsp3) is 0.316. The zero-order valence-electron chi connectivity index (χ0n) is 15.1. The second-order valence-corrected chi connectivity index (χ2v) is 6.77. The second-order valence-electron chi connectivity index (χ2n) is 6.77. The molecule has 0 aliphatic rings. The largest absolute Gasteiger partial charge is 0.361 e. The maximum absolute atomic E-state index is 12.1. The number of pyridine rings is 1. The maximum atomic E-state index is 12.1. The average molecular weight is 354 g/mol. The highest BCUT2D eigenvalue weighted by molar-refractivity contribution is 5.93. The van der Waals surface area contributed by atoms with E-state index in [0.717, 1.165) is 23.1 Å². The molecule has 0 saturated carbocycles. The number of amides is 2. The van der Waals surface area contributed by atoms with E-state index in [0.29, 0.717) is 22.8 Å². The number of nitrogens with one attached hydrogen (secondary N) is 3. The van der Waals surface area contributed by atoms with E-state index in [4.69, 9.17) is 4.52 Å². The molecular weight excluding hydrogens is 332 g/mol. The third kappa shape index (κ3) is 4.30. The number of urea groups is 1. The number of aryl methyl sites for hydroxylation is 1. The van der Waals surface area contributed by atoms with Gasteiger partial charge in [0.15, 0.2) is 0 Å². The van der Waals surface area contributed by atoms with Crippen LogP contribution in [0.3, 0.4) is 0 Å². The predicted octanol–water partition coefficient (Wildman–Crippen LogP) is 3.34. The van der Waals surface area contributed by atoms with Crippen molar-refractivity contribution in [1.82, 2.24) is 15.5 Å². The van der Waals surface area contributed by atoms with Crippen LogP contribution in [0.2, 0.25) is 0 Å². The van der Waals surface area contributed by atoms with Crippen LogP contribution in [0.1, 0.15) is 30.9 Å². The van der Waals surface area contributed by atoms with Crippen molar-refractivity contribution in [2.24, 2.45) is 5.92 Å². The van der Waals surface area contributed by atoms with Gasteiger partial charge in [-0.2, -0.15) is 0 Å². The van der Waals surface area contributed by atoms with E-state index in [-0.39, 0.29) is 18.1 Å². The normalized spacial score (nSPS) is 11.1. The molecule has 3 aromatic rings. The van der Waals surface area contributed by atoms with Crippen LogP contribution < -0.4 is 16.2 Å². The number of rotatable bonds is 5. The molecule has 0 aliphatic carbocycles. The highest BCUT2D eigenvalue weighted by Crippen LogP contribution is 2.19. The molecule has 2 amide bonds. The highest BCUT2D eigenvalue weighted by Gasteiger charge is 2.09. The molecule has 0 saturated heterocycles. The van der Waals surface area contributed by atoms with Gasteiger partial charge < -0.3 is 20.1 Å². The molecule has 0 fully saturated rings. The van der Waals surface area contributed by atoms with Gasteiger partial charge in [-0.05, 0) is 30.5 Å². The number of benzene rings is 1. The number of aromatic nitrogens is 2. The lowest BCUT2D eigenvalue weighted by molar-refractivity contribution is 0.251. The molecule has 7 heteroatoms. The zero-order valence-corrected chi connectivity index (χ0v) is 15.1. The molecule has 2 heterocycles. The Morgan fingerprint density at radius 1 is 1.27 bits per heavy atom. The number of carbonyl (C=O) groups excluding carboxylic acids is 1. The van der Waals surface area contributed by atoms with Crippen molar-refractivity contribution in [1.29, 1.82) is 0 Å². The Morgan fingerprint density at radius 3 is 2.85 bits per heavy atom. The van der Waals surface area contributed by atoms with Gasteiger partial charge >= 0.3 is 6.03 Å². The van der Waals surface area contributed by atoms with Gasteiger partial charge in [-0.3, -0.25) is 4.79 Å². The van der Waals surface area contributed by atoms with Gasteiger partial charge in [-0.25, -0.2) is 4.79 Å². The summed E-state index contributed by atoms with van der Waals surface area (Å²) in [4.78, 5) is 26.5. The van der Waals surface area contributed by atoms with Gasteiger partial charge in [0.25, 0.3) is 0 Å². The van der Waals surface area contributed by atoms with Gasteiger partial charge in [-0.1, -0.05) is 25.1 Å². The van der Waals surface area contributed by atoms with E-state index in [1.54, 1.807) is 18.2 Å². The lowest BCUT2D eigenvalue weighted by Gasteiger charge is -2.08. The first kappa shape index (κ1) is 17.7. The zero-order chi connectivity index (χ0) is 18.7. The molecule has 0 atom stereocenters. The third-order valence-corrected chi connectivity index (χ3v) is 3.95. The molecule has 0 radical (unpaired) electrons. The van der Waals surface area contributed by atoms with E-state index in [1.807, 2.05) is 19.1 Å². The Balaban J connectivity index is 1.62. The topological polar surface area (TPSA) is 100 Å². The standard InChI is InChI=1S/C19H22N4O3/c1-11(2)6-15-8-14(23-26-15)10-20-19(25)21-13-4-5-16-12(3)7-18(24)22-17(16)9-13/h4-5,7-9,11H,6,10H2,1-3H3,(H,22,24)(H2,20,21,25). The first-order valence-electron chi connectivity index (χ1n) is 8.53. The van der Waals surface area contributed by atoms with Gasteiger partial charge in [0.1, 0.15) is 11.5 Å². The van der Waals surface area contributed by atoms with Crippen LogP contribution in [0, 0.1) is 12.8 Å². The number of aromatic amines is 1. The first-order chi connectivity index (χ1) is 12.4. The smallest absolute Gasteiger partial charge is 0.319 e. The van der Waals surface area contributed by atoms with Crippen molar-refractivity contribution in [3.63, 3.8) is 0 Å². The molecule has 7 nitrogen and oxygen atoms in total. The Bertz CT molecular complexity index is 988. The molecule has 3 N–H and O–H groups in total. The fourth-order valence-corrected chi connectivity index (χ4v) is 2.80. The van der Waals surface area contributed by atoms with Gasteiger partial charge in [0.2, 0.25) is 5.56 Å². The van der Waals surface area contributed by atoms with E-state index < -0.39 is 0 Å². The van der Waals surface area contributed by atoms with Crippen LogP contribution in [0.4, 0.5) is 10.5 Å². The summed E-state index contributed by atoms with van der Waals surface area (Å²) >= 11 is 0. The Morgan fingerprint density at radius 2 is 2.08 bits per heavy atom. The van der Waals surface area contributed by atoms with Crippen LogP contribution in [0.5, 0.6) is 0 Å². The Hall–Kier alpha value is -3.09. The van der Waals surface area contributed by atoms with Crippen LogP contribution in [-0.2, 0) is 13.0 Å². The van der Waals surface area contributed by atoms with Crippen LogP contribution in [-0.4, -0.2) is 16.2 Å². The van der Waals surface area contributed by atoms with Gasteiger partial charge in [0, 0.05) is 29.6 Å². The number of hydrogen-bond donors (Lipinski definition) is 3. The molecule has 26 heavy (non-hydrogen) atoms. The molecule has 1 aromatic carbocycles. The minimum atomic E-state index is -0.354. The van der Waals surface area contributed by atoms with Crippen molar-refractivity contribution in [3.05, 3.63) is 57.7 Å². The summed E-state index contributed by atoms with van der Waals surface area (Å²) in [6, 6.07) is 8.45. The van der Waals surface area contributed by atoms with Crippen LogP contribution >= 0.6 is 0 Å². The number of fused-ring (bicyclic) bond motifs is 1. The number of nitrogens with zero attached hydrogens (tertiary/aromatic N) is 1. The second kappa shape index (κ2) is 7.43. The summed E-state index contributed by atoms with van der Waals surface area (Å²) < 4.78 is 5.24. The van der Waals surface area contributed by atoms with E-state index in [1.165, 1.54) is 0 Å². The van der Waals surface area contributed by atoms with Crippen molar-refractivity contribution in [2.45, 2.75) is 33.7 Å². The molecule has 0 bridgehead atoms. The molecule has 3 rings (SSSR count). The van der Waals surface area contributed by atoms with Crippen molar-refractivity contribution < 1.29 is 9.32 Å². The first-order valence-corrected chi connectivity index (χ1v) is 8.53. The Labute approximate surface area is 150 Å². The average Bonchev–Trinajstić information content (AvgIpc) is 2.99. The van der Waals surface area contributed by atoms with Crippen LogP contribution in [0.25, 0.3) is 10.9 Å². The van der Waals surface area contributed by atoms with Gasteiger partial charge in [-0.15, -0.1) is 0 Å². The minimum Gasteiger partial charge on any atom is -0.361 e. The number of H-pyrrole nitrogens is 1. The van der Waals surface area contributed by atoms with Crippen molar-refractivity contribution in [3.8, 4) is 0 Å². The molecule has 0 aliphatic heterocycles. The number of hydrogen-bond acceptors (Lipinski definition) is 4. The predicted molar refractivity (Wildman–Crippen MR) is 100 cm³/mol. The molecule has 0 spiro atoms. The third-order valence-electron chi connectivity index (χ3n) is 3.95. The molecular formula is C19H22N4O3. The quantitative estimate of drug-likeness (QED) is 0.654. The summed E-state index contributed by atoms with van der Waals surface area (Å²) in [6.45, 7) is 6.36. The highest BCUT2D eigenvalue weighted by atomic mass is 16.5. The Kier molecular flexibility index (Phi) is 5.06. The van der Waals surface area contributed by atoms with E-state index >= 15 is 0 Å². The van der Waals surface area contributed by atoms with E-state index in [9.17, 15) is 9.59 Å². The van der Waals surface area contributed by atoms with Gasteiger partial charge in [0.05, 0.1) is 12.1 Å². The van der Waals surface area contributed by atoms with Crippen LogP contribution in [0.15, 0.2) is 39.6 Å². The SMILES string of the molecule is Cc1cc(=O)[nH]c2cc(NC(=O)NCc3cc(CC(C)C)on3)ccc12. The number of anilines is 1. The van der Waals surface area contributed by atoms with E-state index in [2.05, 4.69) is 34.6 Å². The summed E-state index contributed by atoms with van der Waals surface area (Å²) in [5, 5.41) is 10.4. The number of carbonyl (C=O) groups is 1. The monoisotopic (exact) mass is 354 g/mol. The fourth-order valence-electron chi connectivity index (χ4n) is 2.80. The summed E-state index contributed by atoms with van der Waals surface area (Å²) in [7, 11) is 0. The summed E-state index contributed by atoms with van der Waals surface area (Å²) in [6.07, 6.45) is 0.813. The summed E-state index contributed by atoms with van der Waals surface area (Å²) in [5.41, 5.74) is 2.68. The lowest BCUT2D eigenvalue weighted by Crippen LogP contribution is -2.28. The van der Waals surface area contributed by atoms with Crippen molar-refractivity contribution >= 4 is 22.6 Å². The molecule has 2 aromatic heterocycles. The maximum Gasteiger partial charge on any atom is 0.319 e.